The first-order valence-corrected chi connectivity index (χ1v) is 6.28. The summed E-state index contributed by atoms with van der Waals surface area (Å²) in [5, 5.41) is 14.6. The maximum atomic E-state index is 10.8. The zero-order chi connectivity index (χ0) is 13.0. The second-order valence-corrected chi connectivity index (χ2v) is 4.77. The summed E-state index contributed by atoms with van der Waals surface area (Å²) < 4.78 is 5.52. The number of hydrogen-bond donors (Lipinski definition) is 1. The van der Waals surface area contributed by atoms with E-state index in [1.165, 1.54) is 12.1 Å². The Hall–Kier alpha value is -1.17. The van der Waals surface area contributed by atoms with Crippen molar-refractivity contribution in [1.29, 1.82) is 0 Å². The molecule has 1 heterocycles. The van der Waals surface area contributed by atoms with Crippen molar-refractivity contribution in [2.24, 2.45) is 0 Å². The van der Waals surface area contributed by atoms with E-state index < -0.39 is 4.92 Å². The lowest BCUT2D eigenvalue weighted by Gasteiger charge is -2.11. The molecule has 1 atom stereocenters. The first-order chi connectivity index (χ1) is 8.66. The molecule has 1 fully saturated rings. The van der Waals surface area contributed by atoms with E-state index in [1.807, 2.05) is 0 Å². The van der Waals surface area contributed by atoms with E-state index >= 15 is 0 Å². The molecule has 0 saturated carbocycles. The highest BCUT2D eigenvalue weighted by Gasteiger charge is 2.16. The average Bonchev–Trinajstić information content (AvgIpc) is 2.82. The van der Waals surface area contributed by atoms with Gasteiger partial charge in [-0.1, -0.05) is 11.6 Å². The number of nitro benzene ring substituents is 1. The van der Waals surface area contributed by atoms with Crippen LogP contribution in [-0.2, 0) is 11.3 Å². The quantitative estimate of drug-likeness (QED) is 0.660. The second-order valence-electron chi connectivity index (χ2n) is 4.34. The predicted octanol–water partition coefficient (Wildman–Crippen LogP) is 2.52. The fraction of sp³-hybridized carbons (Fsp3) is 0.500. The monoisotopic (exact) mass is 270 g/mol. The van der Waals surface area contributed by atoms with E-state index in [2.05, 4.69) is 5.32 Å². The summed E-state index contributed by atoms with van der Waals surface area (Å²) >= 11 is 5.84. The Bertz CT molecular complexity index is 433. The molecule has 0 aliphatic carbocycles. The summed E-state index contributed by atoms with van der Waals surface area (Å²) in [6.45, 7) is 1.81. The van der Waals surface area contributed by atoms with Crippen LogP contribution < -0.4 is 5.32 Å². The predicted molar refractivity (Wildman–Crippen MR) is 68.8 cm³/mol. The molecule has 18 heavy (non-hydrogen) atoms. The minimum Gasteiger partial charge on any atom is -0.375 e. The van der Waals surface area contributed by atoms with Crippen LogP contribution in [0.1, 0.15) is 18.4 Å². The Morgan fingerprint density at radius 1 is 1.56 bits per heavy atom. The molecule has 0 bridgehead atoms. The van der Waals surface area contributed by atoms with Gasteiger partial charge in [0.2, 0.25) is 0 Å². The van der Waals surface area contributed by atoms with Crippen LogP contribution in [0.5, 0.6) is 0 Å². The van der Waals surface area contributed by atoms with Crippen molar-refractivity contribution in [1.82, 2.24) is 5.32 Å². The molecule has 98 valence electrons. The van der Waals surface area contributed by atoms with E-state index in [0.717, 1.165) is 19.4 Å². The van der Waals surface area contributed by atoms with Crippen LogP contribution in [0.15, 0.2) is 18.2 Å². The fourth-order valence-corrected chi connectivity index (χ4v) is 2.25. The third-order valence-electron chi connectivity index (χ3n) is 2.98. The fourth-order valence-electron chi connectivity index (χ4n) is 2.06. The first kappa shape index (κ1) is 13.3. The highest BCUT2D eigenvalue weighted by molar-refractivity contribution is 6.30. The number of ether oxygens (including phenoxy) is 1. The first-order valence-electron chi connectivity index (χ1n) is 5.91. The second kappa shape index (κ2) is 6.13. The van der Waals surface area contributed by atoms with E-state index in [9.17, 15) is 10.1 Å². The number of halogens is 1. The van der Waals surface area contributed by atoms with Crippen molar-refractivity contribution in [2.45, 2.75) is 25.5 Å². The van der Waals surface area contributed by atoms with E-state index in [1.54, 1.807) is 6.07 Å². The van der Waals surface area contributed by atoms with Gasteiger partial charge in [-0.05, 0) is 31.5 Å². The molecular formula is C12H15ClN2O3. The smallest absolute Gasteiger partial charge is 0.275 e. The van der Waals surface area contributed by atoms with E-state index in [4.69, 9.17) is 16.3 Å². The maximum absolute atomic E-state index is 10.8. The van der Waals surface area contributed by atoms with Gasteiger partial charge in [-0.15, -0.1) is 0 Å². The van der Waals surface area contributed by atoms with Crippen molar-refractivity contribution in [3.63, 3.8) is 0 Å². The summed E-state index contributed by atoms with van der Waals surface area (Å²) in [5.74, 6) is 0. The molecule has 1 N–H and O–H groups in total. The molecule has 5 nitrogen and oxygen atoms in total. The lowest BCUT2D eigenvalue weighted by molar-refractivity contribution is -0.385. The Balaban J connectivity index is 1.94. The van der Waals surface area contributed by atoms with Crippen LogP contribution in [0.4, 0.5) is 5.69 Å². The molecule has 0 spiro atoms. The van der Waals surface area contributed by atoms with Crippen LogP contribution in [-0.4, -0.2) is 24.1 Å². The van der Waals surface area contributed by atoms with Gasteiger partial charge < -0.3 is 10.1 Å². The number of benzene rings is 1. The number of nitrogens with zero attached hydrogens (tertiary/aromatic N) is 1. The summed E-state index contributed by atoms with van der Waals surface area (Å²) in [5.41, 5.74) is 0.573. The molecule has 2 rings (SSSR count). The van der Waals surface area contributed by atoms with Gasteiger partial charge in [0.25, 0.3) is 5.69 Å². The van der Waals surface area contributed by atoms with Crippen molar-refractivity contribution in [2.75, 3.05) is 13.2 Å². The van der Waals surface area contributed by atoms with Crippen molar-refractivity contribution in [3.8, 4) is 0 Å². The molecule has 0 amide bonds. The highest BCUT2D eigenvalue weighted by Crippen LogP contribution is 2.23. The molecule has 0 aromatic heterocycles. The lowest BCUT2D eigenvalue weighted by Crippen LogP contribution is -2.26. The summed E-state index contributed by atoms with van der Waals surface area (Å²) in [6, 6.07) is 4.88. The van der Waals surface area contributed by atoms with Gasteiger partial charge in [-0.2, -0.15) is 0 Å². The number of hydrogen-bond acceptors (Lipinski definition) is 4. The van der Waals surface area contributed by atoms with Gasteiger partial charge in [0.15, 0.2) is 0 Å². The zero-order valence-electron chi connectivity index (χ0n) is 9.89. The summed E-state index contributed by atoms with van der Waals surface area (Å²) in [4.78, 5) is 10.4. The minimum atomic E-state index is -0.414. The van der Waals surface area contributed by atoms with Gasteiger partial charge in [0, 0.05) is 17.1 Å². The Kier molecular flexibility index (Phi) is 4.52. The van der Waals surface area contributed by atoms with E-state index in [-0.39, 0.29) is 12.3 Å². The average molecular weight is 271 g/mol. The van der Waals surface area contributed by atoms with Gasteiger partial charge in [-0.25, -0.2) is 0 Å². The van der Waals surface area contributed by atoms with E-state index in [0.29, 0.717) is 23.2 Å². The molecule has 1 aromatic rings. The van der Waals surface area contributed by atoms with Crippen molar-refractivity contribution < 1.29 is 9.66 Å². The van der Waals surface area contributed by atoms with Crippen LogP contribution in [0.2, 0.25) is 5.02 Å². The minimum absolute atomic E-state index is 0.0544. The third kappa shape index (κ3) is 3.41. The molecule has 1 unspecified atom stereocenters. The molecule has 1 saturated heterocycles. The standard InChI is InChI=1S/C12H15ClN2O3/c13-10-3-4-12(15(16)17)9(6-10)7-18-8-11-2-1-5-14-11/h3-4,6,11,14H,1-2,5,7-8H2. The summed E-state index contributed by atoms with van der Waals surface area (Å²) in [6.07, 6.45) is 2.25. The lowest BCUT2D eigenvalue weighted by atomic mass is 10.2. The molecule has 1 aliphatic heterocycles. The highest BCUT2D eigenvalue weighted by atomic mass is 35.5. The molecule has 1 aliphatic rings. The molecule has 6 heteroatoms. The van der Waals surface area contributed by atoms with Gasteiger partial charge in [-0.3, -0.25) is 10.1 Å². The summed E-state index contributed by atoms with van der Waals surface area (Å²) in [7, 11) is 0. The van der Waals surface area contributed by atoms with Crippen LogP contribution in [0.3, 0.4) is 0 Å². The van der Waals surface area contributed by atoms with Gasteiger partial charge in [0.05, 0.1) is 23.7 Å². The normalized spacial score (nSPS) is 19.1. The van der Waals surface area contributed by atoms with Gasteiger partial charge in [0.1, 0.15) is 0 Å². The van der Waals surface area contributed by atoms with Crippen molar-refractivity contribution >= 4 is 17.3 Å². The Morgan fingerprint density at radius 2 is 2.39 bits per heavy atom. The van der Waals surface area contributed by atoms with Crippen LogP contribution in [0, 0.1) is 10.1 Å². The Morgan fingerprint density at radius 3 is 3.06 bits per heavy atom. The number of rotatable bonds is 5. The SMILES string of the molecule is O=[N+]([O-])c1ccc(Cl)cc1COCC1CCCN1. The van der Waals surface area contributed by atoms with Crippen molar-refractivity contribution in [3.05, 3.63) is 38.9 Å². The number of nitro groups is 1. The third-order valence-corrected chi connectivity index (χ3v) is 3.21. The Labute approximate surface area is 110 Å². The molecule has 0 radical (unpaired) electrons. The number of nitrogens with one attached hydrogen (secondary N) is 1. The molecule has 1 aromatic carbocycles. The van der Waals surface area contributed by atoms with Crippen LogP contribution in [0.25, 0.3) is 0 Å². The molecular weight excluding hydrogens is 256 g/mol. The largest absolute Gasteiger partial charge is 0.375 e. The van der Waals surface area contributed by atoms with Gasteiger partial charge >= 0.3 is 0 Å². The zero-order valence-corrected chi connectivity index (χ0v) is 10.7. The maximum Gasteiger partial charge on any atom is 0.275 e. The van der Waals surface area contributed by atoms with Crippen LogP contribution >= 0.6 is 11.6 Å². The topological polar surface area (TPSA) is 64.4 Å².